The Hall–Kier alpha value is -2.00. The van der Waals surface area contributed by atoms with E-state index in [0.717, 1.165) is 10.5 Å². The van der Waals surface area contributed by atoms with Crippen molar-refractivity contribution in [3.8, 4) is 0 Å². The van der Waals surface area contributed by atoms with Gasteiger partial charge in [0.1, 0.15) is 24.5 Å². The third kappa shape index (κ3) is 2.70. The minimum atomic E-state index is -1.46. The lowest BCUT2D eigenvalue weighted by Crippen LogP contribution is -2.68. The fourth-order valence-corrected chi connectivity index (χ4v) is 2.97. The van der Waals surface area contributed by atoms with Crippen LogP contribution in [0.5, 0.6) is 0 Å². The number of nitrogens with zero attached hydrogens (tertiary/aromatic N) is 2. The zero-order chi connectivity index (χ0) is 16.6. The Morgan fingerprint density at radius 1 is 1.09 bits per heavy atom. The molecule has 0 radical (unpaired) electrons. The summed E-state index contributed by atoms with van der Waals surface area (Å²) in [5, 5.41) is 42.0. The molecule has 0 spiro atoms. The molecule has 124 valence electrons. The van der Waals surface area contributed by atoms with Gasteiger partial charge in [-0.15, -0.1) is 0 Å². The summed E-state index contributed by atoms with van der Waals surface area (Å²) in [4.78, 5) is 17.8. The number of fused-ring (bicyclic) bond motifs is 1. The topological polar surface area (TPSA) is 126 Å². The highest BCUT2D eigenvalue weighted by Gasteiger charge is 2.54. The Bertz CT molecular complexity index is 608. The highest BCUT2D eigenvalue weighted by molar-refractivity contribution is 6.39. The van der Waals surface area contributed by atoms with Crippen LogP contribution in [-0.4, -0.2) is 74.2 Å². The van der Waals surface area contributed by atoms with Crippen LogP contribution in [0.3, 0.4) is 0 Å². The standard InChI is InChI=1S/C15H19N3O5/c19-7-9-10(20)11(21)12(22)14-17-13(15(23)18(9)14)16-6-8-4-2-1-3-5-8/h1-5,9-12,14,19-22H,6-7H2,(H,16,17)/t9-,10-,11+,12+,14+/m1/s1. The van der Waals surface area contributed by atoms with E-state index in [2.05, 4.69) is 10.3 Å². The van der Waals surface area contributed by atoms with Crippen LogP contribution in [0.4, 0.5) is 0 Å². The van der Waals surface area contributed by atoms with E-state index >= 15 is 0 Å². The smallest absolute Gasteiger partial charge is 0.291 e. The first-order valence-corrected chi connectivity index (χ1v) is 7.37. The molecule has 1 aromatic rings. The number of piperidine rings is 1. The number of aliphatic hydroxyl groups is 4. The summed E-state index contributed by atoms with van der Waals surface area (Å²) in [7, 11) is 0. The van der Waals surface area contributed by atoms with Crippen molar-refractivity contribution < 1.29 is 25.2 Å². The predicted octanol–water partition coefficient (Wildman–Crippen LogP) is -2.20. The van der Waals surface area contributed by atoms with Crippen molar-refractivity contribution in [2.75, 3.05) is 6.61 Å². The maximum Gasteiger partial charge on any atom is 0.291 e. The molecule has 1 amide bonds. The van der Waals surface area contributed by atoms with Crippen molar-refractivity contribution in [3.05, 3.63) is 35.9 Å². The van der Waals surface area contributed by atoms with Gasteiger partial charge in [-0.25, -0.2) is 0 Å². The fraction of sp³-hybridized carbons (Fsp3) is 0.467. The Morgan fingerprint density at radius 3 is 2.43 bits per heavy atom. The number of nitrogens with one attached hydrogen (secondary N) is 1. The van der Waals surface area contributed by atoms with Gasteiger partial charge < -0.3 is 30.6 Å². The molecule has 0 saturated carbocycles. The summed E-state index contributed by atoms with van der Waals surface area (Å²) in [6, 6.07) is 8.34. The predicted molar refractivity (Wildman–Crippen MR) is 80.2 cm³/mol. The SMILES string of the molecule is O=C1C(=NCc2ccccc2)N[C@@H]2[C@@H](O)[C@@H](O)[C@H](O)[C@@H](CO)N12. The van der Waals surface area contributed by atoms with E-state index in [1.807, 2.05) is 30.3 Å². The van der Waals surface area contributed by atoms with Crippen molar-refractivity contribution in [1.82, 2.24) is 10.2 Å². The third-order valence-electron chi connectivity index (χ3n) is 4.25. The van der Waals surface area contributed by atoms with Gasteiger partial charge in [0.15, 0.2) is 5.84 Å². The quantitative estimate of drug-likeness (QED) is 0.430. The molecule has 0 aliphatic carbocycles. The molecule has 3 rings (SSSR count). The Labute approximate surface area is 132 Å². The molecule has 8 heteroatoms. The van der Waals surface area contributed by atoms with E-state index in [0.29, 0.717) is 0 Å². The average molecular weight is 321 g/mol. The molecule has 5 atom stereocenters. The van der Waals surface area contributed by atoms with E-state index < -0.39 is 43.0 Å². The molecule has 2 aliphatic rings. The third-order valence-corrected chi connectivity index (χ3v) is 4.25. The second-order valence-electron chi connectivity index (χ2n) is 5.67. The van der Waals surface area contributed by atoms with Gasteiger partial charge in [0.05, 0.1) is 19.2 Å². The van der Waals surface area contributed by atoms with Gasteiger partial charge in [-0.3, -0.25) is 9.79 Å². The number of hydrogen-bond donors (Lipinski definition) is 5. The first-order chi connectivity index (χ1) is 11.0. The number of hydrogen-bond acceptors (Lipinski definition) is 6. The first-order valence-electron chi connectivity index (χ1n) is 7.37. The summed E-state index contributed by atoms with van der Waals surface area (Å²) in [6.07, 6.45) is -5.18. The minimum absolute atomic E-state index is 0.0395. The summed E-state index contributed by atoms with van der Waals surface area (Å²) >= 11 is 0. The van der Waals surface area contributed by atoms with Gasteiger partial charge >= 0.3 is 0 Å². The lowest BCUT2D eigenvalue weighted by molar-refractivity contribution is -0.174. The molecule has 2 heterocycles. The second-order valence-corrected chi connectivity index (χ2v) is 5.67. The molecule has 2 aliphatic heterocycles. The number of carbonyl (C=O) groups is 1. The zero-order valence-corrected chi connectivity index (χ0v) is 12.3. The van der Waals surface area contributed by atoms with Crippen molar-refractivity contribution >= 4 is 11.7 Å². The van der Waals surface area contributed by atoms with Crippen molar-refractivity contribution in [2.24, 2.45) is 4.99 Å². The summed E-state index contributed by atoms with van der Waals surface area (Å²) < 4.78 is 0. The first kappa shape index (κ1) is 15.9. The molecule has 5 N–H and O–H groups in total. The molecule has 23 heavy (non-hydrogen) atoms. The van der Waals surface area contributed by atoms with E-state index in [9.17, 15) is 25.2 Å². The average Bonchev–Trinajstić information content (AvgIpc) is 2.90. The lowest BCUT2D eigenvalue weighted by atomic mass is 9.92. The summed E-state index contributed by atoms with van der Waals surface area (Å²) in [5.74, 6) is -0.479. The van der Waals surface area contributed by atoms with E-state index in [-0.39, 0.29) is 12.4 Å². The van der Waals surface area contributed by atoms with Gasteiger partial charge in [-0.05, 0) is 5.56 Å². The van der Waals surface area contributed by atoms with E-state index in [4.69, 9.17) is 0 Å². The molecule has 0 unspecified atom stereocenters. The lowest BCUT2D eigenvalue weighted by Gasteiger charge is -2.44. The van der Waals surface area contributed by atoms with Crippen LogP contribution in [-0.2, 0) is 11.3 Å². The number of benzene rings is 1. The van der Waals surface area contributed by atoms with Crippen LogP contribution < -0.4 is 5.32 Å². The number of amides is 1. The highest BCUT2D eigenvalue weighted by atomic mass is 16.4. The second kappa shape index (κ2) is 6.25. The number of rotatable bonds is 3. The van der Waals surface area contributed by atoms with Gasteiger partial charge in [-0.1, -0.05) is 30.3 Å². The largest absolute Gasteiger partial charge is 0.394 e. The van der Waals surface area contributed by atoms with Crippen LogP contribution in [0.2, 0.25) is 0 Å². The molecule has 2 fully saturated rings. The fourth-order valence-electron chi connectivity index (χ4n) is 2.97. The Morgan fingerprint density at radius 2 is 1.78 bits per heavy atom. The molecular formula is C15H19N3O5. The molecule has 0 aromatic heterocycles. The van der Waals surface area contributed by atoms with Crippen molar-refractivity contribution in [2.45, 2.75) is 37.1 Å². The molecule has 8 nitrogen and oxygen atoms in total. The zero-order valence-electron chi connectivity index (χ0n) is 12.3. The summed E-state index contributed by atoms with van der Waals surface area (Å²) in [5.41, 5.74) is 0.916. The molecule has 0 bridgehead atoms. The molecule has 2 saturated heterocycles. The van der Waals surface area contributed by atoms with Crippen LogP contribution >= 0.6 is 0 Å². The number of aliphatic imine (C=N–C) groups is 1. The van der Waals surface area contributed by atoms with Gasteiger partial charge in [0.2, 0.25) is 0 Å². The highest BCUT2D eigenvalue weighted by Crippen LogP contribution is 2.27. The minimum Gasteiger partial charge on any atom is -0.394 e. The van der Waals surface area contributed by atoms with E-state index in [1.54, 1.807) is 0 Å². The van der Waals surface area contributed by atoms with Crippen LogP contribution in [0.25, 0.3) is 0 Å². The molecular weight excluding hydrogens is 302 g/mol. The van der Waals surface area contributed by atoms with Crippen LogP contribution in [0.1, 0.15) is 5.56 Å². The van der Waals surface area contributed by atoms with Crippen LogP contribution in [0, 0.1) is 0 Å². The maximum atomic E-state index is 12.4. The van der Waals surface area contributed by atoms with Crippen molar-refractivity contribution in [1.29, 1.82) is 0 Å². The number of aliphatic hydroxyl groups excluding tert-OH is 4. The normalized spacial score (nSPS) is 35.3. The summed E-state index contributed by atoms with van der Waals surface area (Å²) in [6.45, 7) is -0.249. The van der Waals surface area contributed by atoms with Gasteiger partial charge in [0.25, 0.3) is 5.91 Å². The van der Waals surface area contributed by atoms with Gasteiger partial charge in [-0.2, -0.15) is 0 Å². The maximum absolute atomic E-state index is 12.4. The Balaban J connectivity index is 1.83. The van der Waals surface area contributed by atoms with Gasteiger partial charge in [0, 0.05) is 0 Å². The van der Waals surface area contributed by atoms with E-state index in [1.165, 1.54) is 0 Å². The monoisotopic (exact) mass is 321 g/mol. The molecule has 1 aromatic carbocycles. The van der Waals surface area contributed by atoms with Crippen LogP contribution in [0.15, 0.2) is 35.3 Å². The number of amidine groups is 1. The van der Waals surface area contributed by atoms with Crippen molar-refractivity contribution in [3.63, 3.8) is 0 Å². The Kier molecular flexibility index (Phi) is 4.31. The number of carbonyl (C=O) groups excluding carboxylic acids is 1.